The van der Waals surface area contributed by atoms with Crippen molar-refractivity contribution in [3.63, 3.8) is 0 Å². The molecule has 0 radical (unpaired) electrons. The van der Waals surface area contributed by atoms with Crippen molar-refractivity contribution in [3.8, 4) is 11.5 Å². The number of rotatable bonds is 8. The van der Waals surface area contributed by atoms with E-state index in [1.54, 1.807) is 42.5 Å². The minimum absolute atomic E-state index is 0.188. The van der Waals surface area contributed by atoms with Crippen molar-refractivity contribution in [3.05, 3.63) is 92.4 Å². The number of nitrogens with one attached hydrogen (secondary N) is 1. The van der Waals surface area contributed by atoms with Gasteiger partial charge in [0.15, 0.2) is 6.61 Å². The van der Waals surface area contributed by atoms with Crippen LogP contribution in [0.1, 0.15) is 46.8 Å². The number of halogens is 2. The molecule has 0 unspecified atom stereocenters. The highest BCUT2D eigenvalue weighted by Gasteiger charge is 2.14. The topological polar surface area (TPSA) is 77.0 Å². The Morgan fingerprint density at radius 1 is 1.09 bits per heavy atom. The zero-order valence-corrected chi connectivity index (χ0v) is 21.3. The molecule has 1 N–H and O–H groups in total. The number of hydrogen-bond donors (Lipinski definition) is 1. The third-order valence-electron chi connectivity index (χ3n) is 4.90. The van der Waals surface area contributed by atoms with Crippen LogP contribution in [0.2, 0.25) is 5.02 Å². The monoisotopic (exact) mass is 542 g/mol. The molecule has 3 rings (SSSR count). The molecule has 0 saturated carbocycles. The Morgan fingerprint density at radius 3 is 2.59 bits per heavy atom. The quantitative estimate of drug-likeness (QED) is 0.157. The first-order valence-corrected chi connectivity index (χ1v) is 11.7. The number of ether oxygens (including phenoxy) is 2. The van der Waals surface area contributed by atoms with Crippen LogP contribution in [0.25, 0.3) is 0 Å². The van der Waals surface area contributed by atoms with Gasteiger partial charge in [0.25, 0.3) is 5.91 Å². The fourth-order valence-electron chi connectivity index (χ4n) is 2.98. The molecule has 0 fully saturated rings. The number of carbonyl (C=O) groups excluding carboxylic acids is 2. The number of carbonyl (C=O) groups is 2. The van der Waals surface area contributed by atoms with Crippen molar-refractivity contribution in [1.29, 1.82) is 0 Å². The molecular formula is C26H24BrClN2O4. The number of amides is 1. The Labute approximate surface area is 212 Å². The molecule has 1 amide bonds. The Bertz CT molecular complexity index is 1230. The molecule has 0 saturated heterocycles. The van der Waals surface area contributed by atoms with E-state index in [0.717, 1.165) is 15.6 Å². The van der Waals surface area contributed by atoms with E-state index in [1.165, 1.54) is 6.21 Å². The van der Waals surface area contributed by atoms with Gasteiger partial charge >= 0.3 is 5.97 Å². The molecule has 0 heterocycles. The maximum absolute atomic E-state index is 12.5. The lowest BCUT2D eigenvalue weighted by molar-refractivity contribution is -0.123. The number of hydrogen-bond acceptors (Lipinski definition) is 5. The minimum atomic E-state index is -0.598. The Morgan fingerprint density at radius 2 is 1.85 bits per heavy atom. The third kappa shape index (κ3) is 6.92. The van der Waals surface area contributed by atoms with Crippen LogP contribution in [0.4, 0.5) is 0 Å². The summed E-state index contributed by atoms with van der Waals surface area (Å²) in [6.07, 6.45) is 1.39. The van der Waals surface area contributed by atoms with Gasteiger partial charge in [0.05, 0.1) is 16.8 Å². The second kappa shape index (κ2) is 11.8. The Hall–Kier alpha value is -3.16. The minimum Gasteiger partial charge on any atom is -0.483 e. The summed E-state index contributed by atoms with van der Waals surface area (Å²) in [7, 11) is 0. The Kier molecular flexibility index (Phi) is 8.85. The highest BCUT2D eigenvalue weighted by molar-refractivity contribution is 9.10. The molecule has 3 aromatic rings. The van der Waals surface area contributed by atoms with Gasteiger partial charge in [-0.3, -0.25) is 4.79 Å². The summed E-state index contributed by atoms with van der Waals surface area (Å²) < 4.78 is 11.9. The van der Waals surface area contributed by atoms with Gasteiger partial charge in [0.1, 0.15) is 11.5 Å². The maximum atomic E-state index is 12.5. The highest BCUT2D eigenvalue weighted by atomic mass is 79.9. The van der Waals surface area contributed by atoms with Crippen LogP contribution in [-0.2, 0) is 4.79 Å². The largest absolute Gasteiger partial charge is 0.483 e. The average molecular weight is 544 g/mol. The number of hydrazone groups is 1. The first-order chi connectivity index (χ1) is 16.2. The predicted octanol–water partition coefficient (Wildman–Crippen LogP) is 6.28. The molecule has 0 bridgehead atoms. The van der Waals surface area contributed by atoms with Gasteiger partial charge in [-0.25, -0.2) is 10.2 Å². The van der Waals surface area contributed by atoms with Crippen LogP contribution in [0.15, 0.2) is 70.2 Å². The summed E-state index contributed by atoms with van der Waals surface area (Å²) in [5.74, 6) is 0.261. The van der Waals surface area contributed by atoms with Crippen molar-refractivity contribution in [2.45, 2.75) is 26.7 Å². The van der Waals surface area contributed by atoms with E-state index in [-0.39, 0.29) is 17.9 Å². The summed E-state index contributed by atoms with van der Waals surface area (Å²) in [6.45, 7) is 5.93. The number of nitrogens with zero attached hydrogens (tertiary/aromatic N) is 1. The second-order valence-electron chi connectivity index (χ2n) is 7.81. The van der Waals surface area contributed by atoms with Gasteiger partial charge in [-0.15, -0.1) is 0 Å². The van der Waals surface area contributed by atoms with Crippen LogP contribution in [0.3, 0.4) is 0 Å². The van der Waals surface area contributed by atoms with E-state index in [2.05, 4.69) is 40.3 Å². The van der Waals surface area contributed by atoms with Crippen molar-refractivity contribution < 1.29 is 19.1 Å². The van der Waals surface area contributed by atoms with Crippen LogP contribution < -0.4 is 14.9 Å². The predicted molar refractivity (Wildman–Crippen MR) is 137 cm³/mol. The molecule has 0 aliphatic heterocycles. The van der Waals surface area contributed by atoms with E-state index in [4.69, 9.17) is 21.1 Å². The van der Waals surface area contributed by atoms with Gasteiger partial charge in [-0.2, -0.15) is 5.10 Å². The van der Waals surface area contributed by atoms with Crippen LogP contribution in [0, 0.1) is 6.92 Å². The SMILES string of the molecule is Cc1ccc(C(C)C)cc1OCC(=O)NN=Cc1cc(Br)ccc1OC(=O)c1ccccc1Cl. The molecule has 176 valence electrons. The van der Waals surface area contributed by atoms with E-state index in [0.29, 0.717) is 22.3 Å². The lowest BCUT2D eigenvalue weighted by Gasteiger charge is -2.12. The molecule has 34 heavy (non-hydrogen) atoms. The molecule has 0 aliphatic carbocycles. The molecule has 3 aromatic carbocycles. The summed E-state index contributed by atoms with van der Waals surface area (Å²) in [5, 5.41) is 4.27. The first-order valence-electron chi connectivity index (χ1n) is 10.6. The number of benzene rings is 3. The van der Waals surface area contributed by atoms with Crippen molar-refractivity contribution >= 4 is 45.6 Å². The van der Waals surface area contributed by atoms with Gasteiger partial charge in [0, 0.05) is 10.0 Å². The van der Waals surface area contributed by atoms with E-state index >= 15 is 0 Å². The maximum Gasteiger partial charge on any atom is 0.345 e. The van der Waals surface area contributed by atoms with Gasteiger partial charge < -0.3 is 9.47 Å². The molecule has 0 aromatic heterocycles. The fraction of sp³-hybridized carbons (Fsp3) is 0.192. The van der Waals surface area contributed by atoms with Gasteiger partial charge in [-0.1, -0.05) is 65.6 Å². The van der Waals surface area contributed by atoms with E-state index < -0.39 is 11.9 Å². The molecule has 0 spiro atoms. The summed E-state index contributed by atoms with van der Waals surface area (Å²) in [4.78, 5) is 24.7. The summed E-state index contributed by atoms with van der Waals surface area (Å²) in [6, 6.07) is 17.6. The molecular weight excluding hydrogens is 520 g/mol. The van der Waals surface area contributed by atoms with E-state index in [9.17, 15) is 9.59 Å². The van der Waals surface area contributed by atoms with Gasteiger partial charge in [-0.05, 0) is 60.4 Å². The highest BCUT2D eigenvalue weighted by Crippen LogP contribution is 2.25. The Balaban J connectivity index is 1.64. The van der Waals surface area contributed by atoms with Crippen LogP contribution >= 0.6 is 27.5 Å². The average Bonchev–Trinajstić information content (AvgIpc) is 2.80. The smallest absolute Gasteiger partial charge is 0.345 e. The van der Waals surface area contributed by atoms with E-state index in [1.807, 2.05) is 25.1 Å². The lowest BCUT2D eigenvalue weighted by Crippen LogP contribution is -2.24. The van der Waals surface area contributed by atoms with Crippen molar-refractivity contribution in [1.82, 2.24) is 5.43 Å². The molecule has 8 heteroatoms. The van der Waals surface area contributed by atoms with Crippen molar-refractivity contribution in [2.24, 2.45) is 5.10 Å². The number of aryl methyl sites for hydroxylation is 1. The fourth-order valence-corrected chi connectivity index (χ4v) is 3.57. The normalized spacial score (nSPS) is 11.0. The van der Waals surface area contributed by atoms with Crippen LogP contribution in [0.5, 0.6) is 11.5 Å². The van der Waals surface area contributed by atoms with Crippen molar-refractivity contribution in [2.75, 3.05) is 6.61 Å². The summed E-state index contributed by atoms with van der Waals surface area (Å²) in [5.41, 5.74) is 5.23. The first kappa shape index (κ1) is 25.5. The zero-order chi connectivity index (χ0) is 24.7. The summed E-state index contributed by atoms with van der Waals surface area (Å²) >= 11 is 9.47. The molecule has 0 atom stereocenters. The number of esters is 1. The third-order valence-corrected chi connectivity index (χ3v) is 5.72. The molecule has 6 nitrogen and oxygen atoms in total. The molecule has 0 aliphatic rings. The lowest BCUT2D eigenvalue weighted by atomic mass is 10.0. The van der Waals surface area contributed by atoms with Gasteiger partial charge in [0.2, 0.25) is 0 Å². The second-order valence-corrected chi connectivity index (χ2v) is 9.14. The van der Waals surface area contributed by atoms with Crippen LogP contribution in [-0.4, -0.2) is 24.7 Å². The standard InChI is InChI=1S/C26H24BrClN2O4/c1-16(2)18-9-8-17(3)24(13-18)33-15-25(31)30-29-14-19-12-20(27)10-11-23(19)34-26(32)21-6-4-5-7-22(21)28/h4-14,16H,15H2,1-3H3,(H,30,31). The zero-order valence-electron chi connectivity index (χ0n) is 19.0.